The Morgan fingerprint density at radius 2 is 1.35 bits per heavy atom. The van der Waals surface area contributed by atoms with Crippen LogP contribution in [-0.2, 0) is 29.6 Å². The molecule has 0 unspecified atom stereocenters. The maximum Gasteiger partial charge on any atom is 0.306 e. The second kappa shape index (κ2) is 12.4. The fraction of sp³-hybridized carbons (Fsp3) is 0.321. The molecule has 0 atom stereocenters. The van der Waals surface area contributed by atoms with Gasteiger partial charge in [-0.1, -0.05) is 80.8 Å². The third-order valence-corrected chi connectivity index (χ3v) is 6.06. The molecule has 0 radical (unpaired) electrons. The Morgan fingerprint density at radius 1 is 0.765 bits per heavy atom. The number of amides is 1. The van der Waals surface area contributed by atoms with Crippen LogP contribution >= 0.6 is 0 Å². The topological polar surface area (TPSA) is 63.7 Å². The average molecular weight is 480 g/mol. The molecule has 1 amide bonds. The van der Waals surface area contributed by atoms with Crippen LogP contribution < -0.4 is 4.18 Å². The average Bonchev–Trinajstić information content (AvgIpc) is 2.82. The summed E-state index contributed by atoms with van der Waals surface area (Å²) in [5.74, 6) is 0.208. The molecule has 0 aliphatic heterocycles. The molecule has 0 aliphatic carbocycles. The monoisotopic (exact) mass is 479 g/mol. The van der Waals surface area contributed by atoms with E-state index in [-0.39, 0.29) is 11.7 Å². The Labute approximate surface area is 203 Å². The highest BCUT2D eigenvalue weighted by Gasteiger charge is 2.17. The molecule has 0 N–H and O–H groups in total. The van der Waals surface area contributed by atoms with Crippen LogP contribution in [-0.4, -0.2) is 25.5 Å². The molecule has 0 saturated carbocycles. The van der Waals surface area contributed by atoms with Crippen molar-refractivity contribution < 1.29 is 17.4 Å². The minimum absolute atomic E-state index is 0.0437. The zero-order chi connectivity index (χ0) is 24.4. The van der Waals surface area contributed by atoms with Crippen molar-refractivity contribution in [2.24, 2.45) is 0 Å². The molecule has 0 fully saturated rings. The number of aryl methyl sites for hydroxylation is 1. The largest absolute Gasteiger partial charge is 0.383 e. The molecule has 3 rings (SSSR count). The van der Waals surface area contributed by atoms with Gasteiger partial charge >= 0.3 is 10.1 Å². The molecule has 5 nitrogen and oxygen atoms in total. The normalized spacial score (nSPS) is 11.2. The number of nitrogens with zero attached hydrogens (tertiary/aromatic N) is 1. The number of hydrogen-bond acceptors (Lipinski definition) is 4. The van der Waals surface area contributed by atoms with E-state index in [2.05, 4.69) is 19.1 Å². The molecule has 0 heterocycles. The maximum absolute atomic E-state index is 13.4. The first-order chi connectivity index (χ1) is 16.3. The Balaban J connectivity index is 1.74. The number of benzene rings is 3. The summed E-state index contributed by atoms with van der Waals surface area (Å²) in [6.45, 7) is 3.07. The van der Waals surface area contributed by atoms with Gasteiger partial charge in [0.2, 0.25) is 0 Å². The lowest BCUT2D eigenvalue weighted by Gasteiger charge is -2.23. The van der Waals surface area contributed by atoms with Crippen molar-refractivity contribution in [1.29, 1.82) is 0 Å². The summed E-state index contributed by atoms with van der Waals surface area (Å²) < 4.78 is 27.6. The zero-order valence-corrected chi connectivity index (χ0v) is 20.8. The smallest absolute Gasteiger partial charge is 0.306 e. The number of carbonyl (C=O) groups excluding carboxylic acids is 1. The second-order valence-corrected chi connectivity index (χ2v) is 10.2. The summed E-state index contributed by atoms with van der Waals surface area (Å²) in [5.41, 5.74) is 3.84. The Morgan fingerprint density at radius 3 is 1.94 bits per heavy atom. The van der Waals surface area contributed by atoms with Crippen molar-refractivity contribution in [3.63, 3.8) is 0 Å². The quantitative estimate of drug-likeness (QED) is 0.236. The Kier molecular flexibility index (Phi) is 9.28. The van der Waals surface area contributed by atoms with Gasteiger partial charge in [-0.2, -0.15) is 8.42 Å². The van der Waals surface area contributed by atoms with Crippen molar-refractivity contribution in [1.82, 2.24) is 4.90 Å². The van der Waals surface area contributed by atoms with E-state index in [9.17, 15) is 13.2 Å². The van der Waals surface area contributed by atoms with Crippen molar-refractivity contribution in [2.75, 3.05) is 6.26 Å². The van der Waals surface area contributed by atoms with Gasteiger partial charge in [0.05, 0.1) is 6.26 Å². The van der Waals surface area contributed by atoms with Crippen molar-refractivity contribution in [2.45, 2.75) is 52.1 Å². The van der Waals surface area contributed by atoms with Gasteiger partial charge in [-0.15, -0.1) is 0 Å². The van der Waals surface area contributed by atoms with Gasteiger partial charge in [0.25, 0.3) is 5.91 Å². The van der Waals surface area contributed by atoms with E-state index in [4.69, 9.17) is 4.18 Å². The maximum atomic E-state index is 13.4. The first kappa shape index (κ1) is 25.5. The molecule has 0 spiro atoms. The van der Waals surface area contributed by atoms with Crippen LogP contribution in [0.4, 0.5) is 0 Å². The predicted molar refractivity (Wildman–Crippen MR) is 136 cm³/mol. The molecule has 3 aromatic carbocycles. The molecule has 0 bridgehead atoms. The summed E-state index contributed by atoms with van der Waals surface area (Å²) >= 11 is 0. The van der Waals surface area contributed by atoms with Gasteiger partial charge in [-0.25, -0.2) is 0 Å². The highest BCUT2D eigenvalue weighted by molar-refractivity contribution is 7.86. The number of hydrogen-bond donors (Lipinski definition) is 0. The lowest BCUT2D eigenvalue weighted by Crippen LogP contribution is -2.30. The van der Waals surface area contributed by atoms with Crippen LogP contribution in [0.15, 0.2) is 78.9 Å². The summed E-state index contributed by atoms with van der Waals surface area (Å²) in [5, 5.41) is 0. The fourth-order valence-corrected chi connectivity index (χ4v) is 4.26. The molecule has 0 aromatic heterocycles. The van der Waals surface area contributed by atoms with Crippen LogP contribution in [0.3, 0.4) is 0 Å². The van der Waals surface area contributed by atoms with Crippen LogP contribution in [0.2, 0.25) is 0 Å². The SMILES string of the molecule is CCCCCCc1ccc(C(=O)N(Cc2ccccc2)Cc2ccc(OS(C)(=O)=O)cc2)cc1. The molecule has 3 aromatic rings. The molecular weight excluding hydrogens is 446 g/mol. The zero-order valence-electron chi connectivity index (χ0n) is 19.9. The van der Waals surface area contributed by atoms with E-state index in [1.165, 1.54) is 31.2 Å². The second-order valence-electron chi connectivity index (χ2n) is 8.59. The van der Waals surface area contributed by atoms with E-state index >= 15 is 0 Å². The van der Waals surface area contributed by atoms with E-state index in [1.807, 2.05) is 42.5 Å². The highest BCUT2D eigenvalue weighted by Crippen LogP contribution is 2.19. The van der Waals surface area contributed by atoms with Gasteiger partial charge in [-0.05, 0) is 53.8 Å². The standard InChI is InChI=1S/C28H33NO4S/c1-3-4-5-7-10-23-13-17-26(18-14-23)28(30)29(21-24-11-8-6-9-12-24)22-25-15-19-27(20-16-25)33-34(2,31)32/h6,8-9,11-20H,3-5,7,10,21-22H2,1-2H3. The highest BCUT2D eigenvalue weighted by atomic mass is 32.2. The summed E-state index contributed by atoms with van der Waals surface area (Å²) in [6, 6.07) is 24.6. The molecule has 180 valence electrons. The molecule has 6 heteroatoms. The van der Waals surface area contributed by atoms with Crippen LogP contribution in [0.5, 0.6) is 5.75 Å². The van der Waals surface area contributed by atoms with E-state index in [0.29, 0.717) is 18.7 Å². The summed E-state index contributed by atoms with van der Waals surface area (Å²) in [7, 11) is -3.58. The van der Waals surface area contributed by atoms with Crippen molar-refractivity contribution >= 4 is 16.0 Å². The lowest BCUT2D eigenvalue weighted by molar-refractivity contribution is 0.0730. The van der Waals surface area contributed by atoms with Gasteiger partial charge in [-0.3, -0.25) is 4.79 Å². The van der Waals surface area contributed by atoms with E-state index < -0.39 is 10.1 Å². The Hall–Kier alpha value is -3.12. The van der Waals surface area contributed by atoms with Gasteiger partial charge in [0, 0.05) is 18.7 Å². The fourth-order valence-electron chi connectivity index (χ4n) is 3.80. The minimum atomic E-state index is -3.58. The molecule has 0 saturated heterocycles. The Bertz CT molecular complexity index is 1140. The van der Waals surface area contributed by atoms with Crippen LogP contribution in [0.25, 0.3) is 0 Å². The van der Waals surface area contributed by atoms with E-state index in [1.54, 1.807) is 29.2 Å². The van der Waals surface area contributed by atoms with Gasteiger partial charge < -0.3 is 9.08 Å². The third-order valence-electron chi connectivity index (χ3n) is 5.57. The van der Waals surface area contributed by atoms with Gasteiger partial charge in [0.15, 0.2) is 0 Å². The predicted octanol–water partition coefficient (Wildman–Crippen LogP) is 5.99. The number of carbonyl (C=O) groups is 1. The summed E-state index contributed by atoms with van der Waals surface area (Å²) in [6.07, 6.45) is 6.92. The first-order valence-electron chi connectivity index (χ1n) is 11.7. The number of unbranched alkanes of at least 4 members (excludes halogenated alkanes) is 3. The first-order valence-corrected chi connectivity index (χ1v) is 13.6. The van der Waals surface area contributed by atoms with E-state index in [0.717, 1.165) is 23.8 Å². The summed E-state index contributed by atoms with van der Waals surface area (Å²) in [4.78, 5) is 15.2. The minimum Gasteiger partial charge on any atom is -0.383 e. The van der Waals surface area contributed by atoms with Crippen LogP contribution in [0.1, 0.15) is 59.7 Å². The third kappa shape index (κ3) is 8.34. The van der Waals surface area contributed by atoms with Crippen molar-refractivity contribution in [3.05, 3.63) is 101 Å². The molecular formula is C28H33NO4S. The molecule has 34 heavy (non-hydrogen) atoms. The number of rotatable bonds is 12. The molecule has 0 aliphatic rings. The van der Waals surface area contributed by atoms with Gasteiger partial charge in [0.1, 0.15) is 5.75 Å². The van der Waals surface area contributed by atoms with Crippen molar-refractivity contribution in [3.8, 4) is 5.75 Å². The lowest BCUT2D eigenvalue weighted by atomic mass is 10.0. The van der Waals surface area contributed by atoms with Crippen LogP contribution in [0, 0.1) is 0 Å².